The molecule has 2 aromatic rings. The second kappa shape index (κ2) is 6.29. The summed E-state index contributed by atoms with van der Waals surface area (Å²) in [5, 5.41) is 5.26. The third-order valence-electron chi connectivity index (χ3n) is 3.54. The van der Waals surface area contributed by atoms with E-state index in [2.05, 4.69) is 10.6 Å². The highest BCUT2D eigenvalue weighted by atomic mass is 35.5. The van der Waals surface area contributed by atoms with Gasteiger partial charge in [-0.3, -0.25) is 14.4 Å². The van der Waals surface area contributed by atoms with E-state index in [0.29, 0.717) is 5.69 Å². The van der Waals surface area contributed by atoms with Crippen molar-refractivity contribution in [2.24, 2.45) is 0 Å². The summed E-state index contributed by atoms with van der Waals surface area (Å²) in [5.74, 6) is -1.24. The smallest absolute Gasteiger partial charge is 0.221 e. The summed E-state index contributed by atoms with van der Waals surface area (Å²) in [4.78, 5) is 36.7. The van der Waals surface area contributed by atoms with E-state index in [0.717, 1.165) is 0 Å². The molecule has 5 nitrogen and oxygen atoms in total. The molecule has 0 fully saturated rings. The number of allylic oxidation sites excluding steroid dienone is 2. The van der Waals surface area contributed by atoms with Gasteiger partial charge in [-0.25, -0.2) is 0 Å². The normalized spacial score (nSPS) is 13.6. The van der Waals surface area contributed by atoms with E-state index in [4.69, 9.17) is 11.6 Å². The molecule has 0 aliphatic heterocycles. The van der Waals surface area contributed by atoms with E-state index in [1.165, 1.54) is 13.0 Å². The first-order chi connectivity index (χ1) is 11.5. The largest absolute Gasteiger partial charge is 0.351 e. The molecular weight excluding hydrogens is 328 g/mol. The number of para-hydroxylation sites is 1. The van der Waals surface area contributed by atoms with Crippen LogP contribution in [0.25, 0.3) is 0 Å². The summed E-state index contributed by atoms with van der Waals surface area (Å²) in [6.07, 6.45) is 0. The number of rotatable bonds is 3. The molecule has 6 heteroatoms. The van der Waals surface area contributed by atoms with Crippen molar-refractivity contribution in [1.29, 1.82) is 0 Å². The van der Waals surface area contributed by atoms with Crippen molar-refractivity contribution < 1.29 is 14.4 Å². The van der Waals surface area contributed by atoms with Crippen molar-refractivity contribution in [3.63, 3.8) is 0 Å². The van der Waals surface area contributed by atoms with Crippen LogP contribution >= 0.6 is 11.6 Å². The predicted octanol–water partition coefficient (Wildman–Crippen LogP) is 3.59. The number of amides is 1. The molecule has 0 radical (unpaired) electrons. The molecule has 1 aliphatic carbocycles. The summed E-state index contributed by atoms with van der Waals surface area (Å²) in [5.41, 5.74) is 1.26. The Morgan fingerprint density at radius 2 is 1.67 bits per heavy atom. The van der Waals surface area contributed by atoms with E-state index < -0.39 is 11.6 Å². The average Bonchev–Trinajstić information content (AvgIpc) is 2.57. The summed E-state index contributed by atoms with van der Waals surface area (Å²) >= 11 is 6.15. The molecule has 1 aliphatic rings. The van der Waals surface area contributed by atoms with Gasteiger partial charge in [-0.2, -0.15) is 0 Å². The zero-order valence-corrected chi connectivity index (χ0v) is 13.5. The molecule has 0 heterocycles. The molecule has 0 atom stereocenters. The van der Waals surface area contributed by atoms with Crippen LogP contribution in [0.1, 0.15) is 27.6 Å². The Labute approximate surface area is 143 Å². The summed E-state index contributed by atoms with van der Waals surface area (Å²) in [7, 11) is 0. The fourth-order valence-electron chi connectivity index (χ4n) is 2.52. The second-order valence-corrected chi connectivity index (χ2v) is 5.63. The molecule has 0 aromatic heterocycles. The minimum Gasteiger partial charge on any atom is -0.351 e. The molecule has 0 unspecified atom stereocenters. The maximum atomic E-state index is 12.7. The Kier molecular flexibility index (Phi) is 4.18. The highest BCUT2D eigenvalue weighted by Crippen LogP contribution is 2.33. The lowest BCUT2D eigenvalue weighted by Crippen LogP contribution is -2.26. The van der Waals surface area contributed by atoms with Crippen molar-refractivity contribution in [3.8, 4) is 0 Å². The highest BCUT2D eigenvalue weighted by Gasteiger charge is 2.33. The number of ketones is 2. The van der Waals surface area contributed by atoms with Gasteiger partial charge in [0, 0.05) is 18.2 Å². The maximum absolute atomic E-state index is 12.7. The van der Waals surface area contributed by atoms with Crippen molar-refractivity contribution in [2.75, 3.05) is 10.6 Å². The van der Waals surface area contributed by atoms with E-state index in [9.17, 15) is 14.4 Å². The predicted molar refractivity (Wildman–Crippen MR) is 92.4 cm³/mol. The topological polar surface area (TPSA) is 75.3 Å². The van der Waals surface area contributed by atoms with E-state index in [-0.39, 0.29) is 33.5 Å². The molecule has 2 N–H and O–H groups in total. The quantitative estimate of drug-likeness (QED) is 0.895. The lowest BCUT2D eigenvalue weighted by atomic mass is 9.90. The van der Waals surface area contributed by atoms with Crippen LogP contribution in [0.15, 0.2) is 59.3 Å². The first kappa shape index (κ1) is 16.0. The van der Waals surface area contributed by atoms with E-state index >= 15 is 0 Å². The number of fused-ring (bicyclic) bond motifs is 1. The molecular formula is C18H13ClN2O3. The number of nitrogens with one attached hydrogen (secondary N) is 2. The van der Waals surface area contributed by atoms with Gasteiger partial charge >= 0.3 is 0 Å². The average molecular weight is 341 g/mol. The number of benzene rings is 2. The van der Waals surface area contributed by atoms with Gasteiger partial charge in [-0.05, 0) is 18.2 Å². The SMILES string of the molecule is CC(=O)Nc1cccc2c1C(=O)C(Cl)=C(Nc1ccccc1)C2=O. The maximum Gasteiger partial charge on any atom is 0.221 e. The van der Waals surface area contributed by atoms with Gasteiger partial charge in [0.1, 0.15) is 10.7 Å². The van der Waals surface area contributed by atoms with Crippen LogP contribution < -0.4 is 10.6 Å². The summed E-state index contributed by atoms with van der Waals surface area (Å²) in [6, 6.07) is 13.7. The number of hydrogen-bond acceptors (Lipinski definition) is 4. The van der Waals surface area contributed by atoms with Crippen molar-refractivity contribution in [1.82, 2.24) is 0 Å². The Bertz CT molecular complexity index is 888. The van der Waals surface area contributed by atoms with E-state index in [1.54, 1.807) is 36.4 Å². The Morgan fingerprint density at radius 1 is 0.958 bits per heavy atom. The number of halogens is 1. The van der Waals surface area contributed by atoms with Crippen LogP contribution in [0.4, 0.5) is 11.4 Å². The third kappa shape index (κ3) is 2.81. The monoisotopic (exact) mass is 340 g/mol. The van der Waals surface area contributed by atoms with Crippen LogP contribution in [-0.2, 0) is 4.79 Å². The summed E-state index contributed by atoms with van der Waals surface area (Å²) < 4.78 is 0. The van der Waals surface area contributed by atoms with E-state index in [1.807, 2.05) is 6.07 Å². The number of carbonyl (C=O) groups excluding carboxylic acids is 3. The molecule has 24 heavy (non-hydrogen) atoms. The first-order valence-electron chi connectivity index (χ1n) is 7.21. The lowest BCUT2D eigenvalue weighted by molar-refractivity contribution is -0.114. The lowest BCUT2D eigenvalue weighted by Gasteiger charge is -2.21. The minimum absolute atomic E-state index is 0.0281. The van der Waals surface area contributed by atoms with Crippen LogP contribution in [0.5, 0.6) is 0 Å². The van der Waals surface area contributed by atoms with Gasteiger partial charge in [0.15, 0.2) is 0 Å². The molecule has 0 saturated carbocycles. The molecule has 0 bridgehead atoms. The Hall–Kier alpha value is -2.92. The molecule has 2 aromatic carbocycles. The third-order valence-corrected chi connectivity index (χ3v) is 3.90. The standard InChI is InChI=1S/C18H13ClN2O3/c1-10(22)20-13-9-5-8-12-14(13)18(24)15(19)16(17(12)23)21-11-6-3-2-4-7-11/h2-9,21H,1H3,(H,20,22). The first-order valence-corrected chi connectivity index (χ1v) is 7.58. The molecule has 120 valence electrons. The second-order valence-electron chi connectivity index (χ2n) is 5.25. The number of carbonyl (C=O) groups is 3. The zero-order chi connectivity index (χ0) is 17.3. The number of Topliss-reactive ketones (excluding diaryl/α,β-unsaturated/α-hetero) is 2. The van der Waals surface area contributed by atoms with Crippen LogP contribution in [0, 0.1) is 0 Å². The van der Waals surface area contributed by atoms with Gasteiger partial charge in [0.2, 0.25) is 17.5 Å². The molecule has 0 saturated heterocycles. The minimum atomic E-state index is -0.506. The van der Waals surface area contributed by atoms with Gasteiger partial charge in [-0.1, -0.05) is 41.9 Å². The van der Waals surface area contributed by atoms with Crippen LogP contribution in [0.3, 0.4) is 0 Å². The fraction of sp³-hybridized carbons (Fsp3) is 0.0556. The molecule has 0 spiro atoms. The van der Waals surface area contributed by atoms with Gasteiger partial charge < -0.3 is 10.6 Å². The Morgan fingerprint density at radius 3 is 2.33 bits per heavy atom. The molecule has 1 amide bonds. The Balaban J connectivity index is 2.07. The molecule has 3 rings (SSSR count). The van der Waals surface area contributed by atoms with Gasteiger partial charge in [0.05, 0.1) is 11.3 Å². The van der Waals surface area contributed by atoms with Gasteiger partial charge in [0.25, 0.3) is 0 Å². The van der Waals surface area contributed by atoms with Crippen molar-refractivity contribution in [3.05, 3.63) is 70.4 Å². The number of anilines is 2. The van der Waals surface area contributed by atoms with Crippen molar-refractivity contribution >= 4 is 40.4 Å². The number of hydrogen-bond donors (Lipinski definition) is 2. The van der Waals surface area contributed by atoms with Gasteiger partial charge in [-0.15, -0.1) is 0 Å². The van der Waals surface area contributed by atoms with Crippen LogP contribution in [-0.4, -0.2) is 17.5 Å². The zero-order valence-electron chi connectivity index (χ0n) is 12.7. The van der Waals surface area contributed by atoms with Crippen LogP contribution in [0.2, 0.25) is 0 Å². The highest BCUT2D eigenvalue weighted by molar-refractivity contribution is 6.51. The summed E-state index contributed by atoms with van der Waals surface area (Å²) in [6.45, 7) is 1.33. The fourth-order valence-corrected chi connectivity index (χ4v) is 2.74. The van der Waals surface area contributed by atoms with Crippen molar-refractivity contribution in [2.45, 2.75) is 6.92 Å².